The largest absolute Gasteiger partial charge is 0.330 e. The highest BCUT2D eigenvalue weighted by atomic mass is 32.1. The number of rotatable bonds is 6. The van der Waals surface area contributed by atoms with Crippen LogP contribution in [0.25, 0.3) is 0 Å². The molecule has 0 saturated heterocycles. The second kappa shape index (κ2) is 8.83. The Kier molecular flexibility index (Phi) is 6.09. The van der Waals surface area contributed by atoms with E-state index in [1.807, 2.05) is 63.2 Å². The predicted molar refractivity (Wildman–Crippen MR) is 127 cm³/mol. The molecule has 3 heterocycles. The molecule has 0 bridgehead atoms. The van der Waals surface area contributed by atoms with Crippen molar-refractivity contribution in [3.8, 4) is 0 Å². The van der Waals surface area contributed by atoms with Gasteiger partial charge >= 0.3 is 6.03 Å². The van der Waals surface area contributed by atoms with Crippen LogP contribution < -0.4 is 16.5 Å². The minimum Gasteiger partial charge on any atom is -0.330 e. The number of nitrogens with two attached hydrogens (primary N) is 1. The SMILES string of the molecule is CN(C)C[C@@H](NC(=O)N1Cc2c(NC(=O)c3nccs3)nn(N)c2C1(C)C)c1ccccc1. The van der Waals surface area contributed by atoms with E-state index in [-0.39, 0.29) is 24.5 Å². The zero-order valence-corrected chi connectivity index (χ0v) is 19.9. The molecule has 174 valence electrons. The number of carbonyl (C=O) groups is 2. The number of hydrogen-bond donors (Lipinski definition) is 3. The number of carbonyl (C=O) groups excluding carboxylic acids is 2. The van der Waals surface area contributed by atoms with Crippen LogP contribution in [-0.2, 0) is 12.1 Å². The van der Waals surface area contributed by atoms with E-state index in [0.717, 1.165) is 5.56 Å². The summed E-state index contributed by atoms with van der Waals surface area (Å²) in [5.41, 5.74) is 1.68. The van der Waals surface area contributed by atoms with Gasteiger partial charge in [0.1, 0.15) is 0 Å². The topological polar surface area (TPSA) is 121 Å². The van der Waals surface area contributed by atoms with Gasteiger partial charge in [-0.1, -0.05) is 30.3 Å². The average Bonchev–Trinajstić information content (AvgIpc) is 3.46. The van der Waals surface area contributed by atoms with Crippen LogP contribution in [0.3, 0.4) is 0 Å². The lowest BCUT2D eigenvalue weighted by molar-refractivity contribution is 0.102. The number of urea groups is 1. The first kappa shape index (κ1) is 22.7. The summed E-state index contributed by atoms with van der Waals surface area (Å²) in [5.74, 6) is 6.14. The minimum atomic E-state index is -0.731. The molecule has 3 aromatic rings. The Hall–Kier alpha value is -3.44. The van der Waals surface area contributed by atoms with E-state index < -0.39 is 5.54 Å². The van der Waals surface area contributed by atoms with Crippen molar-refractivity contribution >= 4 is 29.1 Å². The second-order valence-electron chi connectivity index (χ2n) is 8.73. The van der Waals surface area contributed by atoms with Gasteiger partial charge in [-0.3, -0.25) is 4.79 Å². The van der Waals surface area contributed by atoms with Crippen molar-refractivity contribution < 1.29 is 9.59 Å². The summed E-state index contributed by atoms with van der Waals surface area (Å²) >= 11 is 1.24. The molecule has 10 nitrogen and oxygen atoms in total. The molecule has 0 spiro atoms. The maximum absolute atomic E-state index is 13.5. The van der Waals surface area contributed by atoms with Gasteiger partial charge in [0.25, 0.3) is 5.91 Å². The zero-order chi connectivity index (χ0) is 23.8. The zero-order valence-electron chi connectivity index (χ0n) is 19.1. The minimum absolute atomic E-state index is 0.188. The van der Waals surface area contributed by atoms with E-state index in [0.29, 0.717) is 28.6 Å². The third kappa shape index (κ3) is 4.41. The fourth-order valence-corrected chi connectivity index (χ4v) is 4.72. The highest BCUT2D eigenvalue weighted by Crippen LogP contribution is 2.41. The summed E-state index contributed by atoms with van der Waals surface area (Å²) in [4.78, 5) is 35.0. The summed E-state index contributed by atoms with van der Waals surface area (Å²) in [5, 5.41) is 12.3. The van der Waals surface area contributed by atoms with Crippen LogP contribution in [0.5, 0.6) is 0 Å². The number of nitrogens with zero attached hydrogens (tertiary/aromatic N) is 5. The molecule has 0 saturated carbocycles. The Morgan fingerprint density at radius 3 is 2.64 bits per heavy atom. The first-order chi connectivity index (χ1) is 15.7. The molecule has 0 radical (unpaired) electrons. The van der Waals surface area contributed by atoms with Crippen molar-refractivity contribution in [3.05, 3.63) is 63.7 Å². The van der Waals surface area contributed by atoms with Gasteiger partial charge in [-0.15, -0.1) is 16.4 Å². The van der Waals surface area contributed by atoms with Crippen molar-refractivity contribution in [2.45, 2.75) is 32.0 Å². The number of benzene rings is 1. The number of likely N-dealkylation sites (N-methyl/N-ethyl adjacent to an activating group) is 1. The molecule has 1 atom stereocenters. The fourth-order valence-electron chi connectivity index (χ4n) is 4.19. The molecule has 0 fully saturated rings. The van der Waals surface area contributed by atoms with Gasteiger partial charge in [0, 0.05) is 23.7 Å². The lowest BCUT2D eigenvalue weighted by Crippen LogP contribution is -2.49. The monoisotopic (exact) mass is 468 g/mol. The first-order valence-corrected chi connectivity index (χ1v) is 11.4. The lowest BCUT2D eigenvalue weighted by Gasteiger charge is -2.34. The van der Waals surface area contributed by atoms with Crippen molar-refractivity contribution in [1.82, 2.24) is 30.0 Å². The van der Waals surface area contributed by atoms with Crippen LogP contribution in [0, 0.1) is 0 Å². The molecule has 33 heavy (non-hydrogen) atoms. The summed E-state index contributed by atoms with van der Waals surface area (Å²) in [7, 11) is 3.94. The maximum atomic E-state index is 13.5. The van der Waals surface area contributed by atoms with Crippen LogP contribution in [0.4, 0.5) is 10.6 Å². The van der Waals surface area contributed by atoms with Crippen molar-refractivity contribution in [1.29, 1.82) is 0 Å². The van der Waals surface area contributed by atoms with Crippen molar-refractivity contribution in [3.63, 3.8) is 0 Å². The molecular formula is C22H28N8O2S. The average molecular weight is 469 g/mol. The first-order valence-electron chi connectivity index (χ1n) is 10.5. The van der Waals surface area contributed by atoms with Crippen LogP contribution in [-0.4, -0.2) is 57.3 Å². The van der Waals surface area contributed by atoms with Crippen LogP contribution in [0.1, 0.15) is 46.5 Å². The number of fused-ring (bicyclic) bond motifs is 1. The van der Waals surface area contributed by atoms with Crippen LogP contribution in [0.15, 0.2) is 41.9 Å². The van der Waals surface area contributed by atoms with E-state index in [1.54, 1.807) is 16.5 Å². The summed E-state index contributed by atoms with van der Waals surface area (Å²) < 4.78 is 0. The number of nitrogens with one attached hydrogen (secondary N) is 2. The normalized spacial score (nSPS) is 15.4. The molecule has 11 heteroatoms. The summed E-state index contributed by atoms with van der Waals surface area (Å²) in [6, 6.07) is 9.47. The highest BCUT2D eigenvalue weighted by molar-refractivity contribution is 7.11. The molecule has 1 aliphatic rings. The highest BCUT2D eigenvalue weighted by Gasteiger charge is 2.46. The lowest BCUT2D eigenvalue weighted by atomic mass is 10.0. The van der Waals surface area contributed by atoms with Gasteiger partial charge in [-0.2, -0.15) is 4.79 Å². The molecule has 4 N–H and O–H groups in total. The Bertz CT molecular complexity index is 1140. The number of nitrogen functional groups attached to an aromatic ring is 1. The van der Waals surface area contributed by atoms with Gasteiger partial charge in [0.05, 0.1) is 23.8 Å². The second-order valence-corrected chi connectivity index (χ2v) is 9.63. The Balaban J connectivity index is 1.57. The number of anilines is 1. The van der Waals surface area contributed by atoms with Gasteiger partial charge in [-0.05, 0) is 33.5 Å². The Labute approximate surface area is 196 Å². The third-order valence-electron chi connectivity index (χ3n) is 5.73. The third-order valence-corrected chi connectivity index (χ3v) is 6.50. The number of aromatic nitrogens is 3. The van der Waals surface area contributed by atoms with Gasteiger partial charge in [0.15, 0.2) is 10.8 Å². The maximum Gasteiger partial charge on any atom is 0.319 e. The van der Waals surface area contributed by atoms with E-state index >= 15 is 0 Å². The Morgan fingerprint density at radius 1 is 1.27 bits per heavy atom. The Morgan fingerprint density at radius 2 is 2.00 bits per heavy atom. The quantitative estimate of drug-likeness (QED) is 0.478. The van der Waals surface area contributed by atoms with Crippen LogP contribution >= 0.6 is 11.3 Å². The van der Waals surface area contributed by atoms with Crippen molar-refractivity contribution in [2.75, 3.05) is 31.8 Å². The standard InChI is InChI=1S/C22H28N8O2S/c1-22(2)17-15(18(27-30(17)23)26-19(31)20-24-10-11-33-20)12-29(22)21(32)25-16(13-28(3)4)14-8-6-5-7-9-14/h5-11,16H,12-13,23H2,1-4H3,(H,25,32)(H,26,27,31)/t16-/m1/s1. The molecular weight excluding hydrogens is 440 g/mol. The molecule has 1 aliphatic heterocycles. The van der Waals surface area contributed by atoms with Crippen molar-refractivity contribution in [2.24, 2.45) is 0 Å². The van der Waals surface area contributed by atoms with Gasteiger partial charge in [0.2, 0.25) is 0 Å². The van der Waals surface area contributed by atoms with E-state index in [1.165, 1.54) is 16.1 Å². The number of amides is 3. The smallest absolute Gasteiger partial charge is 0.319 e. The predicted octanol–water partition coefficient (Wildman–Crippen LogP) is 2.37. The summed E-state index contributed by atoms with van der Waals surface area (Å²) in [6.45, 7) is 4.75. The molecule has 0 unspecified atom stereocenters. The van der Waals surface area contributed by atoms with Crippen LogP contribution in [0.2, 0.25) is 0 Å². The fraction of sp³-hybridized carbons (Fsp3) is 0.364. The summed E-state index contributed by atoms with van der Waals surface area (Å²) in [6.07, 6.45) is 1.57. The molecule has 4 rings (SSSR count). The number of thiazole rings is 1. The molecule has 3 amide bonds. The molecule has 1 aromatic carbocycles. The molecule has 2 aromatic heterocycles. The van der Waals surface area contributed by atoms with E-state index in [4.69, 9.17) is 5.84 Å². The van der Waals surface area contributed by atoms with E-state index in [9.17, 15) is 9.59 Å². The van der Waals surface area contributed by atoms with Gasteiger partial charge in [-0.25, -0.2) is 9.78 Å². The molecule has 0 aliphatic carbocycles. The number of hydrogen-bond acceptors (Lipinski definition) is 7. The van der Waals surface area contributed by atoms with E-state index in [2.05, 4.69) is 20.7 Å². The van der Waals surface area contributed by atoms with Gasteiger partial charge < -0.3 is 26.3 Å².